The van der Waals surface area contributed by atoms with Gasteiger partial charge in [0.2, 0.25) is 0 Å². The van der Waals surface area contributed by atoms with Crippen LogP contribution in [-0.2, 0) is 4.74 Å². The van der Waals surface area contributed by atoms with Crippen molar-refractivity contribution >= 4 is 0 Å². The van der Waals surface area contributed by atoms with Gasteiger partial charge in [0.15, 0.2) is 6.29 Å². The Morgan fingerprint density at radius 1 is 1.30 bits per heavy atom. The van der Waals surface area contributed by atoms with Crippen molar-refractivity contribution in [2.24, 2.45) is 11.8 Å². The maximum atomic E-state index is 10.0. The molecule has 1 saturated carbocycles. The predicted molar refractivity (Wildman–Crippen MR) is 76.9 cm³/mol. The topological polar surface area (TPSA) is 69.9 Å². The van der Waals surface area contributed by atoms with Crippen LogP contribution in [0.25, 0.3) is 0 Å². The molecule has 20 heavy (non-hydrogen) atoms. The Labute approximate surface area is 120 Å². The maximum absolute atomic E-state index is 10.0. The molecule has 1 aliphatic carbocycles. The SMILES string of the molecule is CC(C)=CCC[C@H](O)/C=C/[C@@H]1[C@H]2CC(O)O[C@H]2C[C@H]1O. The average molecular weight is 282 g/mol. The molecule has 0 bridgehead atoms. The molecule has 2 fully saturated rings. The van der Waals surface area contributed by atoms with Gasteiger partial charge in [-0.15, -0.1) is 0 Å². The van der Waals surface area contributed by atoms with Crippen LogP contribution in [0.4, 0.5) is 0 Å². The molecule has 0 aromatic rings. The number of fused-ring (bicyclic) bond motifs is 1. The Morgan fingerprint density at radius 2 is 2.05 bits per heavy atom. The van der Waals surface area contributed by atoms with Crippen molar-refractivity contribution in [2.75, 3.05) is 0 Å². The number of rotatable bonds is 5. The summed E-state index contributed by atoms with van der Waals surface area (Å²) >= 11 is 0. The van der Waals surface area contributed by atoms with Crippen molar-refractivity contribution in [3.05, 3.63) is 23.8 Å². The molecule has 3 N–H and O–H groups in total. The molecule has 4 heteroatoms. The van der Waals surface area contributed by atoms with Crippen molar-refractivity contribution < 1.29 is 20.1 Å². The zero-order valence-corrected chi connectivity index (χ0v) is 12.3. The van der Waals surface area contributed by atoms with E-state index in [0.717, 1.165) is 6.42 Å². The zero-order chi connectivity index (χ0) is 14.7. The third-order valence-electron chi connectivity index (χ3n) is 4.27. The van der Waals surface area contributed by atoms with Crippen LogP contribution in [0.3, 0.4) is 0 Å². The van der Waals surface area contributed by atoms with E-state index in [9.17, 15) is 15.3 Å². The molecule has 4 nitrogen and oxygen atoms in total. The minimum atomic E-state index is -0.698. The number of hydrogen-bond donors (Lipinski definition) is 3. The lowest BCUT2D eigenvalue weighted by Gasteiger charge is -2.16. The lowest BCUT2D eigenvalue weighted by atomic mass is 9.91. The van der Waals surface area contributed by atoms with E-state index >= 15 is 0 Å². The van der Waals surface area contributed by atoms with Crippen LogP contribution in [0.1, 0.15) is 39.5 Å². The van der Waals surface area contributed by atoms with E-state index < -0.39 is 18.5 Å². The lowest BCUT2D eigenvalue weighted by molar-refractivity contribution is -0.0949. The Kier molecular flexibility index (Phi) is 5.38. The van der Waals surface area contributed by atoms with Crippen molar-refractivity contribution in [1.29, 1.82) is 0 Å². The van der Waals surface area contributed by atoms with Gasteiger partial charge in [-0.25, -0.2) is 0 Å². The first-order chi connectivity index (χ1) is 9.47. The van der Waals surface area contributed by atoms with Crippen LogP contribution in [-0.4, -0.2) is 39.9 Å². The van der Waals surface area contributed by atoms with Gasteiger partial charge in [0, 0.05) is 18.8 Å². The van der Waals surface area contributed by atoms with Gasteiger partial charge < -0.3 is 20.1 Å². The first-order valence-electron chi connectivity index (χ1n) is 7.48. The van der Waals surface area contributed by atoms with Gasteiger partial charge >= 0.3 is 0 Å². The van der Waals surface area contributed by atoms with Crippen LogP contribution in [0.15, 0.2) is 23.8 Å². The van der Waals surface area contributed by atoms with Crippen molar-refractivity contribution in [3.63, 3.8) is 0 Å². The summed E-state index contributed by atoms with van der Waals surface area (Å²) in [5.41, 5.74) is 1.26. The van der Waals surface area contributed by atoms with Crippen LogP contribution in [0.2, 0.25) is 0 Å². The fourth-order valence-electron chi connectivity index (χ4n) is 3.23. The highest BCUT2D eigenvalue weighted by Crippen LogP contribution is 2.43. The minimum Gasteiger partial charge on any atom is -0.392 e. The summed E-state index contributed by atoms with van der Waals surface area (Å²) in [7, 11) is 0. The summed E-state index contributed by atoms with van der Waals surface area (Å²) in [5, 5.41) is 29.5. The third kappa shape index (κ3) is 3.92. The largest absolute Gasteiger partial charge is 0.392 e. The summed E-state index contributed by atoms with van der Waals surface area (Å²) < 4.78 is 5.38. The smallest absolute Gasteiger partial charge is 0.155 e. The van der Waals surface area contributed by atoms with Gasteiger partial charge in [0.05, 0.1) is 18.3 Å². The maximum Gasteiger partial charge on any atom is 0.155 e. The molecular formula is C16H26O4. The molecule has 6 atom stereocenters. The fourth-order valence-corrected chi connectivity index (χ4v) is 3.23. The molecule has 2 rings (SSSR count). The van der Waals surface area contributed by atoms with Crippen molar-refractivity contribution in [1.82, 2.24) is 0 Å². The third-order valence-corrected chi connectivity index (χ3v) is 4.27. The molecule has 1 saturated heterocycles. The second kappa shape index (κ2) is 6.85. The first-order valence-corrected chi connectivity index (χ1v) is 7.48. The normalized spacial score (nSPS) is 38.1. The Hall–Kier alpha value is -0.680. The van der Waals surface area contributed by atoms with E-state index in [1.807, 2.05) is 19.9 Å². The highest BCUT2D eigenvalue weighted by atomic mass is 16.6. The van der Waals surface area contributed by atoms with Crippen LogP contribution in [0, 0.1) is 11.8 Å². The van der Waals surface area contributed by atoms with Gasteiger partial charge in [-0.1, -0.05) is 23.8 Å². The second-order valence-electron chi connectivity index (χ2n) is 6.22. The van der Waals surface area contributed by atoms with E-state index in [2.05, 4.69) is 6.08 Å². The summed E-state index contributed by atoms with van der Waals surface area (Å²) in [6, 6.07) is 0. The van der Waals surface area contributed by atoms with Crippen LogP contribution < -0.4 is 0 Å². The minimum absolute atomic E-state index is 0.0183. The number of aliphatic hydroxyl groups is 3. The molecule has 1 heterocycles. The summed E-state index contributed by atoms with van der Waals surface area (Å²) in [4.78, 5) is 0. The summed E-state index contributed by atoms with van der Waals surface area (Å²) in [6.07, 6.45) is 6.83. The molecule has 0 aromatic heterocycles. The van der Waals surface area contributed by atoms with Crippen LogP contribution >= 0.6 is 0 Å². The molecule has 0 aromatic carbocycles. The molecule has 1 aliphatic heterocycles. The van der Waals surface area contributed by atoms with Crippen molar-refractivity contribution in [2.45, 2.75) is 64.1 Å². The average Bonchev–Trinajstić information content (AvgIpc) is 2.81. The zero-order valence-electron chi connectivity index (χ0n) is 12.3. The number of hydrogen-bond acceptors (Lipinski definition) is 4. The lowest BCUT2D eigenvalue weighted by Crippen LogP contribution is -2.19. The Morgan fingerprint density at radius 3 is 2.75 bits per heavy atom. The van der Waals surface area contributed by atoms with E-state index in [1.54, 1.807) is 6.08 Å². The van der Waals surface area contributed by atoms with E-state index in [0.29, 0.717) is 19.3 Å². The number of aliphatic hydroxyl groups excluding tert-OH is 3. The molecule has 0 spiro atoms. The van der Waals surface area contributed by atoms with Gasteiger partial charge in [0.25, 0.3) is 0 Å². The van der Waals surface area contributed by atoms with Gasteiger partial charge in [-0.05, 0) is 32.6 Å². The summed E-state index contributed by atoms with van der Waals surface area (Å²) in [5.74, 6) is 0.150. The molecule has 2 aliphatic rings. The van der Waals surface area contributed by atoms with Crippen molar-refractivity contribution in [3.8, 4) is 0 Å². The monoisotopic (exact) mass is 282 g/mol. The highest BCUT2D eigenvalue weighted by Gasteiger charge is 2.47. The fraction of sp³-hybridized carbons (Fsp3) is 0.750. The van der Waals surface area contributed by atoms with E-state index in [1.165, 1.54) is 5.57 Å². The predicted octanol–water partition coefficient (Wildman–Crippen LogP) is 1.75. The van der Waals surface area contributed by atoms with E-state index in [-0.39, 0.29) is 17.9 Å². The number of ether oxygens (including phenoxy) is 1. The van der Waals surface area contributed by atoms with Gasteiger partial charge in [-0.3, -0.25) is 0 Å². The molecular weight excluding hydrogens is 256 g/mol. The molecule has 0 amide bonds. The Balaban J connectivity index is 1.85. The number of allylic oxidation sites excluding steroid dienone is 2. The van der Waals surface area contributed by atoms with Crippen LogP contribution in [0.5, 0.6) is 0 Å². The Bertz CT molecular complexity index is 373. The van der Waals surface area contributed by atoms with E-state index in [4.69, 9.17) is 4.74 Å². The van der Waals surface area contributed by atoms with Gasteiger partial charge in [0.1, 0.15) is 0 Å². The first kappa shape index (κ1) is 15.7. The van der Waals surface area contributed by atoms with Gasteiger partial charge in [-0.2, -0.15) is 0 Å². The summed E-state index contributed by atoms with van der Waals surface area (Å²) in [6.45, 7) is 4.09. The second-order valence-corrected chi connectivity index (χ2v) is 6.22. The highest BCUT2D eigenvalue weighted by molar-refractivity contribution is 5.06. The quantitative estimate of drug-likeness (QED) is 0.672. The molecule has 1 unspecified atom stereocenters. The molecule has 0 radical (unpaired) electrons. The standard InChI is InChI=1S/C16H26O4/c1-10(2)4-3-5-11(17)6-7-12-13-8-16(19)20-15(13)9-14(12)18/h4,6-7,11-19H,3,5,8-9H2,1-2H3/b7-6+/t11-,12+,13+,14+,15-,16?/m0/s1. The molecule has 114 valence electrons.